The number of amides is 1. The Labute approximate surface area is 155 Å². The summed E-state index contributed by atoms with van der Waals surface area (Å²) < 4.78 is 24.7. The molecule has 6 nitrogen and oxygen atoms in total. The number of likely N-dealkylation sites (N-methyl/N-ethyl adjacent to an activating group) is 1. The van der Waals surface area contributed by atoms with E-state index in [1.165, 1.54) is 12.1 Å². The number of pyridine rings is 1. The highest BCUT2D eigenvalue weighted by atomic mass is 35.5. The van der Waals surface area contributed by atoms with Gasteiger partial charge in [0.2, 0.25) is 5.91 Å². The molecule has 0 bridgehead atoms. The fourth-order valence-corrected chi connectivity index (χ4v) is 2.80. The average Bonchev–Trinajstić information content (AvgIpc) is 2.65. The van der Waals surface area contributed by atoms with E-state index in [1.807, 2.05) is 6.07 Å². The van der Waals surface area contributed by atoms with Gasteiger partial charge in [-0.15, -0.1) is 0 Å². The summed E-state index contributed by atoms with van der Waals surface area (Å²) in [6.07, 6.45) is 1.07. The Morgan fingerprint density at radius 1 is 1.46 bits per heavy atom. The third-order valence-corrected chi connectivity index (χ3v) is 4.23. The standard InChI is InChI=1S/C18H19ClFN3O3/c1-21-18(24)17-11-23(6-7-25-17)10-13-3-4-14(9-22-13)26-16-5-2-12(19)8-15(16)20/h2-5,8-9,17H,6-7,10-11H2,1H3,(H,21,24). The molecule has 1 aromatic carbocycles. The quantitative estimate of drug-likeness (QED) is 0.865. The summed E-state index contributed by atoms with van der Waals surface area (Å²) in [5.41, 5.74) is 0.825. The van der Waals surface area contributed by atoms with E-state index in [0.29, 0.717) is 30.5 Å². The van der Waals surface area contributed by atoms with Gasteiger partial charge in [0.25, 0.3) is 0 Å². The lowest BCUT2D eigenvalue weighted by molar-refractivity contribution is -0.138. The topological polar surface area (TPSA) is 63.7 Å². The van der Waals surface area contributed by atoms with Crippen LogP contribution in [0.25, 0.3) is 0 Å². The van der Waals surface area contributed by atoms with Crippen molar-refractivity contribution >= 4 is 17.5 Å². The number of hydrogen-bond acceptors (Lipinski definition) is 5. The van der Waals surface area contributed by atoms with Crippen molar-refractivity contribution in [3.63, 3.8) is 0 Å². The van der Waals surface area contributed by atoms with Crippen LogP contribution in [0.4, 0.5) is 4.39 Å². The summed E-state index contributed by atoms with van der Waals surface area (Å²) in [6, 6.07) is 7.77. The Kier molecular flexibility index (Phi) is 6.03. The number of aromatic nitrogens is 1. The fourth-order valence-electron chi connectivity index (χ4n) is 2.64. The highest BCUT2D eigenvalue weighted by Crippen LogP contribution is 2.26. The average molecular weight is 380 g/mol. The van der Waals surface area contributed by atoms with Crippen molar-refractivity contribution in [1.29, 1.82) is 0 Å². The van der Waals surface area contributed by atoms with Crippen LogP contribution in [0.1, 0.15) is 5.69 Å². The maximum atomic E-state index is 13.8. The number of carbonyl (C=O) groups is 1. The van der Waals surface area contributed by atoms with Gasteiger partial charge in [-0.3, -0.25) is 14.7 Å². The van der Waals surface area contributed by atoms with E-state index in [0.717, 1.165) is 12.2 Å². The van der Waals surface area contributed by atoms with Crippen molar-refractivity contribution in [1.82, 2.24) is 15.2 Å². The minimum atomic E-state index is -0.532. The van der Waals surface area contributed by atoms with Gasteiger partial charge in [-0.2, -0.15) is 0 Å². The highest BCUT2D eigenvalue weighted by molar-refractivity contribution is 6.30. The molecule has 1 atom stereocenters. The Morgan fingerprint density at radius 2 is 2.31 bits per heavy atom. The monoisotopic (exact) mass is 379 g/mol. The first kappa shape index (κ1) is 18.6. The SMILES string of the molecule is CNC(=O)C1CN(Cc2ccc(Oc3ccc(Cl)cc3F)cn2)CCO1. The van der Waals surface area contributed by atoms with Crippen LogP contribution in [0.5, 0.6) is 11.5 Å². The van der Waals surface area contributed by atoms with Gasteiger partial charge in [0.05, 0.1) is 18.5 Å². The Bertz CT molecular complexity index is 773. The normalized spacial score (nSPS) is 17.7. The first-order valence-electron chi connectivity index (χ1n) is 8.18. The van der Waals surface area contributed by atoms with E-state index in [4.69, 9.17) is 21.1 Å². The molecule has 1 saturated heterocycles. The van der Waals surface area contributed by atoms with E-state index in [1.54, 1.807) is 25.4 Å². The van der Waals surface area contributed by atoms with Crippen LogP contribution in [0, 0.1) is 5.82 Å². The lowest BCUT2D eigenvalue weighted by Gasteiger charge is -2.31. The lowest BCUT2D eigenvalue weighted by atomic mass is 10.2. The van der Waals surface area contributed by atoms with E-state index < -0.39 is 11.9 Å². The maximum Gasteiger partial charge on any atom is 0.250 e. The predicted molar refractivity (Wildman–Crippen MR) is 94.8 cm³/mol. The molecule has 8 heteroatoms. The summed E-state index contributed by atoms with van der Waals surface area (Å²) in [7, 11) is 1.59. The molecule has 1 fully saturated rings. The summed E-state index contributed by atoms with van der Waals surface area (Å²) in [6.45, 7) is 2.32. The van der Waals surface area contributed by atoms with Crippen LogP contribution in [-0.4, -0.2) is 48.6 Å². The number of hydrogen-bond donors (Lipinski definition) is 1. The van der Waals surface area contributed by atoms with Gasteiger partial charge in [0.15, 0.2) is 11.6 Å². The molecule has 1 aromatic heterocycles. The molecule has 2 aromatic rings. The van der Waals surface area contributed by atoms with Crippen LogP contribution in [0.15, 0.2) is 36.5 Å². The molecule has 1 aliphatic rings. The van der Waals surface area contributed by atoms with Crippen LogP contribution >= 0.6 is 11.6 Å². The van der Waals surface area contributed by atoms with Gasteiger partial charge >= 0.3 is 0 Å². The number of rotatable bonds is 5. The van der Waals surface area contributed by atoms with Gasteiger partial charge in [-0.1, -0.05) is 11.6 Å². The van der Waals surface area contributed by atoms with Crippen molar-refractivity contribution < 1.29 is 18.7 Å². The van der Waals surface area contributed by atoms with Crippen LogP contribution in [0.3, 0.4) is 0 Å². The zero-order valence-electron chi connectivity index (χ0n) is 14.2. The molecular weight excluding hydrogens is 361 g/mol. The third-order valence-electron chi connectivity index (χ3n) is 3.99. The Hall–Kier alpha value is -2.22. The van der Waals surface area contributed by atoms with Crippen LogP contribution < -0.4 is 10.1 Å². The molecule has 0 radical (unpaired) electrons. The summed E-state index contributed by atoms with van der Waals surface area (Å²) in [5.74, 6) is -0.141. The zero-order valence-corrected chi connectivity index (χ0v) is 15.0. The number of benzene rings is 1. The minimum absolute atomic E-state index is 0.0885. The maximum absolute atomic E-state index is 13.8. The minimum Gasteiger partial charge on any atom is -0.453 e. The second-order valence-electron chi connectivity index (χ2n) is 5.87. The smallest absolute Gasteiger partial charge is 0.250 e. The number of nitrogens with one attached hydrogen (secondary N) is 1. The van der Waals surface area contributed by atoms with Crippen LogP contribution in [0.2, 0.25) is 5.02 Å². The van der Waals surface area contributed by atoms with Crippen molar-refractivity contribution in [2.45, 2.75) is 12.6 Å². The van der Waals surface area contributed by atoms with E-state index >= 15 is 0 Å². The molecule has 0 saturated carbocycles. The van der Waals surface area contributed by atoms with E-state index in [9.17, 15) is 9.18 Å². The molecule has 1 N–H and O–H groups in total. The van der Waals surface area contributed by atoms with Gasteiger partial charge in [0.1, 0.15) is 11.9 Å². The number of morpholine rings is 1. The number of halogens is 2. The Balaban J connectivity index is 1.60. The molecule has 3 rings (SSSR count). The first-order valence-corrected chi connectivity index (χ1v) is 8.56. The number of ether oxygens (including phenoxy) is 2. The molecular formula is C18H19ClFN3O3. The Morgan fingerprint density at radius 3 is 3.00 bits per heavy atom. The van der Waals surface area contributed by atoms with Crippen molar-refractivity contribution in [3.05, 3.63) is 53.1 Å². The highest BCUT2D eigenvalue weighted by Gasteiger charge is 2.25. The molecule has 0 aliphatic carbocycles. The van der Waals surface area contributed by atoms with Crippen LogP contribution in [-0.2, 0) is 16.1 Å². The van der Waals surface area contributed by atoms with Crippen molar-refractivity contribution in [3.8, 4) is 11.5 Å². The van der Waals surface area contributed by atoms with E-state index in [2.05, 4.69) is 15.2 Å². The number of nitrogens with zero attached hydrogens (tertiary/aromatic N) is 2. The van der Waals surface area contributed by atoms with Crippen molar-refractivity contribution in [2.75, 3.05) is 26.7 Å². The predicted octanol–water partition coefficient (Wildman–Crippen LogP) is 2.61. The van der Waals surface area contributed by atoms with Gasteiger partial charge in [-0.05, 0) is 30.3 Å². The summed E-state index contributed by atoms with van der Waals surface area (Å²) >= 11 is 5.73. The summed E-state index contributed by atoms with van der Waals surface area (Å²) in [4.78, 5) is 18.1. The number of carbonyl (C=O) groups excluding carboxylic acids is 1. The van der Waals surface area contributed by atoms with Gasteiger partial charge in [-0.25, -0.2) is 4.39 Å². The second-order valence-corrected chi connectivity index (χ2v) is 6.31. The summed E-state index contributed by atoms with van der Waals surface area (Å²) in [5, 5.41) is 2.91. The first-order chi connectivity index (χ1) is 12.5. The largest absolute Gasteiger partial charge is 0.453 e. The molecule has 1 aliphatic heterocycles. The molecule has 1 amide bonds. The third kappa shape index (κ3) is 4.69. The lowest BCUT2D eigenvalue weighted by Crippen LogP contribution is -2.48. The zero-order chi connectivity index (χ0) is 18.5. The van der Waals surface area contributed by atoms with Gasteiger partial charge < -0.3 is 14.8 Å². The molecule has 2 heterocycles. The van der Waals surface area contributed by atoms with Gasteiger partial charge in [0, 0.05) is 31.7 Å². The fraction of sp³-hybridized carbons (Fsp3) is 0.333. The van der Waals surface area contributed by atoms with E-state index in [-0.39, 0.29) is 11.7 Å². The molecule has 0 spiro atoms. The molecule has 26 heavy (non-hydrogen) atoms. The van der Waals surface area contributed by atoms with Crippen molar-refractivity contribution in [2.24, 2.45) is 0 Å². The second kappa shape index (κ2) is 8.44. The molecule has 138 valence electrons. The molecule has 1 unspecified atom stereocenters.